The van der Waals surface area contributed by atoms with Gasteiger partial charge < -0.3 is 0 Å². The van der Waals surface area contributed by atoms with Crippen LogP contribution in [0.5, 0.6) is 0 Å². The van der Waals surface area contributed by atoms with E-state index in [1.165, 1.54) is 5.39 Å². The Labute approximate surface area is 100.0 Å². The third-order valence-corrected chi connectivity index (χ3v) is 2.80. The topological polar surface area (TPSA) is 25.8 Å². The summed E-state index contributed by atoms with van der Waals surface area (Å²) in [5, 5.41) is 2.35. The van der Waals surface area contributed by atoms with E-state index in [1.807, 2.05) is 37.5 Å². The van der Waals surface area contributed by atoms with Crippen molar-refractivity contribution < 1.29 is 0 Å². The summed E-state index contributed by atoms with van der Waals surface area (Å²) < 4.78 is 0. The molecule has 0 aliphatic rings. The molecule has 2 heterocycles. The van der Waals surface area contributed by atoms with E-state index < -0.39 is 0 Å². The predicted octanol–water partition coefficient (Wildman–Crippen LogP) is 3.61. The Balaban J connectivity index is 2.14. The quantitative estimate of drug-likeness (QED) is 0.626. The summed E-state index contributed by atoms with van der Waals surface area (Å²) in [5.74, 6) is 0. The zero-order chi connectivity index (χ0) is 11.7. The summed E-state index contributed by atoms with van der Waals surface area (Å²) in [4.78, 5) is 8.84. The van der Waals surface area contributed by atoms with Crippen molar-refractivity contribution in [3.63, 3.8) is 0 Å². The molecule has 2 heteroatoms. The molecule has 0 fully saturated rings. The van der Waals surface area contributed by atoms with Gasteiger partial charge in [-0.05, 0) is 30.0 Å². The fraction of sp³-hybridized carbons (Fsp3) is 0.0667. The highest BCUT2D eigenvalue weighted by Crippen LogP contribution is 2.20. The number of benzene rings is 1. The highest BCUT2D eigenvalue weighted by Gasteiger charge is 2.01. The highest BCUT2D eigenvalue weighted by molar-refractivity contribution is 5.84. The molecule has 0 aliphatic carbocycles. The second-order valence-electron chi connectivity index (χ2n) is 4.14. The average Bonchev–Trinajstić information content (AvgIpc) is 2.39. The SMILES string of the molecule is Cc1ccc(-c2cc3ccccc3cn2)nc1. The lowest BCUT2D eigenvalue weighted by Gasteiger charge is -2.02. The number of aryl methyl sites for hydroxylation is 1. The average molecular weight is 220 g/mol. The molecule has 0 radical (unpaired) electrons. The van der Waals surface area contributed by atoms with Gasteiger partial charge in [0, 0.05) is 17.8 Å². The normalized spacial score (nSPS) is 10.6. The number of nitrogens with zero attached hydrogens (tertiary/aromatic N) is 2. The molecule has 0 atom stereocenters. The van der Waals surface area contributed by atoms with Crippen LogP contribution in [-0.4, -0.2) is 9.97 Å². The third kappa shape index (κ3) is 1.89. The van der Waals surface area contributed by atoms with Crippen molar-refractivity contribution >= 4 is 10.8 Å². The Morgan fingerprint density at radius 3 is 2.29 bits per heavy atom. The number of fused-ring (bicyclic) bond motifs is 1. The molecule has 0 saturated carbocycles. The maximum absolute atomic E-state index is 4.44. The minimum Gasteiger partial charge on any atom is -0.254 e. The van der Waals surface area contributed by atoms with Gasteiger partial charge in [0.25, 0.3) is 0 Å². The summed E-state index contributed by atoms with van der Waals surface area (Å²) in [6, 6.07) is 14.4. The Bertz CT molecular complexity index is 657. The van der Waals surface area contributed by atoms with Gasteiger partial charge in [0.05, 0.1) is 11.4 Å². The molecule has 3 rings (SSSR count). The number of pyridine rings is 2. The van der Waals surface area contributed by atoms with Crippen LogP contribution in [0.15, 0.2) is 54.9 Å². The first-order valence-electron chi connectivity index (χ1n) is 5.61. The first-order valence-corrected chi connectivity index (χ1v) is 5.61. The van der Waals surface area contributed by atoms with E-state index >= 15 is 0 Å². The summed E-state index contributed by atoms with van der Waals surface area (Å²) >= 11 is 0. The minimum atomic E-state index is 0.918. The molecule has 0 aliphatic heterocycles. The third-order valence-electron chi connectivity index (χ3n) is 2.80. The van der Waals surface area contributed by atoms with E-state index in [-0.39, 0.29) is 0 Å². The first kappa shape index (κ1) is 9.97. The van der Waals surface area contributed by atoms with E-state index in [4.69, 9.17) is 0 Å². The smallest absolute Gasteiger partial charge is 0.0892 e. The second-order valence-corrected chi connectivity index (χ2v) is 4.14. The van der Waals surface area contributed by atoms with Crippen molar-refractivity contribution in [2.75, 3.05) is 0 Å². The number of hydrogen-bond acceptors (Lipinski definition) is 2. The van der Waals surface area contributed by atoms with Gasteiger partial charge in [-0.15, -0.1) is 0 Å². The van der Waals surface area contributed by atoms with Crippen LogP contribution in [0.25, 0.3) is 22.2 Å². The van der Waals surface area contributed by atoms with Crippen LogP contribution in [0.2, 0.25) is 0 Å². The Morgan fingerprint density at radius 2 is 1.53 bits per heavy atom. The van der Waals surface area contributed by atoms with Gasteiger partial charge in [-0.1, -0.05) is 30.3 Å². The Kier molecular flexibility index (Phi) is 2.33. The lowest BCUT2D eigenvalue weighted by molar-refractivity contribution is 1.23. The second kappa shape index (κ2) is 3.98. The zero-order valence-electron chi connectivity index (χ0n) is 9.59. The van der Waals surface area contributed by atoms with Crippen LogP contribution in [0.3, 0.4) is 0 Å². The van der Waals surface area contributed by atoms with E-state index in [0.717, 1.165) is 22.3 Å². The zero-order valence-corrected chi connectivity index (χ0v) is 9.59. The van der Waals surface area contributed by atoms with Crippen LogP contribution >= 0.6 is 0 Å². The molecule has 0 N–H and O–H groups in total. The van der Waals surface area contributed by atoms with Crippen molar-refractivity contribution in [1.29, 1.82) is 0 Å². The van der Waals surface area contributed by atoms with Crippen LogP contribution < -0.4 is 0 Å². The van der Waals surface area contributed by atoms with E-state index in [2.05, 4.69) is 34.2 Å². The number of rotatable bonds is 1. The molecule has 3 aromatic rings. The maximum atomic E-state index is 4.44. The van der Waals surface area contributed by atoms with Gasteiger partial charge in [0.2, 0.25) is 0 Å². The summed E-state index contributed by atoms with van der Waals surface area (Å²) in [6.45, 7) is 2.03. The molecular weight excluding hydrogens is 208 g/mol. The molecule has 17 heavy (non-hydrogen) atoms. The minimum absolute atomic E-state index is 0.918. The van der Waals surface area contributed by atoms with Gasteiger partial charge in [-0.25, -0.2) is 0 Å². The van der Waals surface area contributed by atoms with Gasteiger partial charge in [0.1, 0.15) is 0 Å². The number of hydrogen-bond donors (Lipinski definition) is 0. The molecule has 0 bridgehead atoms. The maximum Gasteiger partial charge on any atom is 0.0892 e. The van der Waals surface area contributed by atoms with E-state index in [9.17, 15) is 0 Å². The van der Waals surface area contributed by atoms with Crippen LogP contribution in [0.4, 0.5) is 0 Å². The molecule has 0 saturated heterocycles. The molecule has 82 valence electrons. The predicted molar refractivity (Wildman–Crippen MR) is 69.7 cm³/mol. The van der Waals surface area contributed by atoms with E-state index in [0.29, 0.717) is 0 Å². The molecular formula is C15H12N2. The first-order chi connectivity index (χ1) is 8.33. The lowest BCUT2D eigenvalue weighted by Crippen LogP contribution is -1.87. The monoisotopic (exact) mass is 220 g/mol. The van der Waals surface area contributed by atoms with Crippen molar-refractivity contribution in [3.05, 3.63) is 60.4 Å². The van der Waals surface area contributed by atoms with Crippen molar-refractivity contribution in [3.8, 4) is 11.4 Å². The molecule has 2 nitrogen and oxygen atoms in total. The van der Waals surface area contributed by atoms with Gasteiger partial charge in [-0.2, -0.15) is 0 Å². The van der Waals surface area contributed by atoms with Crippen LogP contribution in [0, 0.1) is 6.92 Å². The fourth-order valence-corrected chi connectivity index (χ4v) is 1.84. The van der Waals surface area contributed by atoms with Crippen LogP contribution in [0.1, 0.15) is 5.56 Å². The summed E-state index contributed by atoms with van der Waals surface area (Å²) in [7, 11) is 0. The van der Waals surface area contributed by atoms with Crippen LogP contribution in [-0.2, 0) is 0 Å². The lowest BCUT2D eigenvalue weighted by atomic mass is 10.1. The van der Waals surface area contributed by atoms with Crippen molar-refractivity contribution in [1.82, 2.24) is 9.97 Å². The molecule has 0 spiro atoms. The highest BCUT2D eigenvalue weighted by atomic mass is 14.8. The van der Waals surface area contributed by atoms with Crippen molar-refractivity contribution in [2.24, 2.45) is 0 Å². The molecule has 0 unspecified atom stereocenters. The summed E-state index contributed by atoms with van der Waals surface area (Å²) in [6.07, 6.45) is 3.76. The van der Waals surface area contributed by atoms with E-state index in [1.54, 1.807) is 0 Å². The van der Waals surface area contributed by atoms with Crippen molar-refractivity contribution in [2.45, 2.75) is 6.92 Å². The van der Waals surface area contributed by atoms with Gasteiger partial charge in [0.15, 0.2) is 0 Å². The van der Waals surface area contributed by atoms with Gasteiger partial charge >= 0.3 is 0 Å². The standard InChI is InChI=1S/C15H12N2/c1-11-6-7-14(16-9-11)15-8-12-4-2-3-5-13(12)10-17-15/h2-10H,1H3. The summed E-state index contributed by atoms with van der Waals surface area (Å²) in [5.41, 5.74) is 3.00. The number of aromatic nitrogens is 2. The fourth-order valence-electron chi connectivity index (χ4n) is 1.84. The molecule has 1 aromatic carbocycles. The largest absolute Gasteiger partial charge is 0.254 e. The Morgan fingerprint density at radius 1 is 0.765 bits per heavy atom. The molecule has 2 aromatic heterocycles. The molecule has 0 amide bonds. The Hall–Kier alpha value is -2.22. The van der Waals surface area contributed by atoms with Gasteiger partial charge in [-0.3, -0.25) is 9.97 Å².